The standard InChI is InChI=1S/C23H29N5O4S/c1-6-27(7-2)33(31,32)20-8-9-23(30)26(14-20)15-22(29)24-21-13-18(5)25-28(21)19-11-16(3)10-17(4)12-19/h8-14H,6-7,15H2,1-5H3,(H,24,29). The van der Waals surface area contributed by atoms with Crippen LogP contribution in [0.25, 0.3) is 5.69 Å². The van der Waals surface area contributed by atoms with E-state index in [0.717, 1.165) is 27.4 Å². The number of sulfonamides is 1. The molecule has 0 saturated carbocycles. The van der Waals surface area contributed by atoms with E-state index in [2.05, 4.69) is 10.4 Å². The number of nitrogens with zero attached hydrogens (tertiary/aromatic N) is 4. The number of aryl methyl sites for hydroxylation is 3. The monoisotopic (exact) mass is 471 g/mol. The van der Waals surface area contributed by atoms with Crippen LogP contribution in [0.5, 0.6) is 0 Å². The molecule has 0 unspecified atom stereocenters. The number of benzene rings is 1. The van der Waals surface area contributed by atoms with Gasteiger partial charge in [-0.2, -0.15) is 9.40 Å². The van der Waals surface area contributed by atoms with Gasteiger partial charge < -0.3 is 9.88 Å². The molecule has 0 aliphatic heterocycles. The molecule has 3 rings (SSSR count). The predicted molar refractivity (Wildman–Crippen MR) is 127 cm³/mol. The second-order valence-corrected chi connectivity index (χ2v) is 9.84. The van der Waals surface area contributed by atoms with Crippen molar-refractivity contribution in [3.05, 3.63) is 69.8 Å². The van der Waals surface area contributed by atoms with E-state index in [1.807, 2.05) is 39.0 Å². The van der Waals surface area contributed by atoms with E-state index in [0.29, 0.717) is 24.6 Å². The Balaban J connectivity index is 1.88. The van der Waals surface area contributed by atoms with Crippen LogP contribution in [0.2, 0.25) is 0 Å². The molecule has 0 spiro atoms. The molecule has 0 atom stereocenters. The summed E-state index contributed by atoms with van der Waals surface area (Å²) in [4.78, 5) is 25.1. The molecular weight excluding hydrogens is 442 g/mol. The van der Waals surface area contributed by atoms with Gasteiger partial charge in [0.15, 0.2) is 0 Å². The van der Waals surface area contributed by atoms with Crippen LogP contribution in [-0.4, -0.2) is 46.1 Å². The van der Waals surface area contributed by atoms with Gasteiger partial charge in [0, 0.05) is 31.4 Å². The summed E-state index contributed by atoms with van der Waals surface area (Å²) >= 11 is 0. The van der Waals surface area contributed by atoms with E-state index in [-0.39, 0.29) is 11.4 Å². The van der Waals surface area contributed by atoms with E-state index >= 15 is 0 Å². The largest absolute Gasteiger partial charge is 0.309 e. The molecule has 2 aromatic heterocycles. The van der Waals surface area contributed by atoms with Crippen LogP contribution < -0.4 is 10.9 Å². The first-order chi connectivity index (χ1) is 15.5. The zero-order chi connectivity index (χ0) is 24.3. The number of hydrogen-bond acceptors (Lipinski definition) is 5. The van der Waals surface area contributed by atoms with Crippen LogP contribution in [0.1, 0.15) is 30.7 Å². The summed E-state index contributed by atoms with van der Waals surface area (Å²) in [6, 6.07) is 10.1. The lowest BCUT2D eigenvalue weighted by Crippen LogP contribution is -2.33. The maximum absolute atomic E-state index is 12.8. The van der Waals surface area contributed by atoms with Crippen molar-refractivity contribution in [2.45, 2.75) is 46.1 Å². The quantitative estimate of drug-likeness (QED) is 0.544. The van der Waals surface area contributed by atoms with Gasteiger partial charge in [-0.15, -0.1) is 0 Å². The summed E-state index contributed by atoms with van der Waals surface area (Å²) in [5.74, 6) is -0.0116. The molecule has 1 amide bonds. The average Bonchev–Trinajstić information content (AvgIpc) is 3.09. The van der Waals surface area contributed by atoms with E-state index < -0.39 is 21.5 Å². The molecule has 3 aromatic rings. The summed E-state index contributed by atoms with van der Waals surface area (Å²) in [5, 5.41) is 7.26. The van der Waals surface area contributed by atoms with Crippen molar-refractivity contribution in [2.75, 3.05) is 18.4 Å². The summed E-state index contributed by atoms with van der Waals surface area (Å²) in [6.07, 6.45) is 1.21. The third-order valence-corrected chi connectivity index (χ3v) is 7.20. The van der Waals surface area contributed by atoms with E-state index in [1.165, 1.54) is 16.6 Å². The number of anilines is 1. The third kappa shape index (κ3) is 5.40. The van der Waals surface area contributed by atoms with Gasteiger partial charge in [0.25, 0.3) is 5.56 Å². The highest BCUT2D eigenvalue weighted by Gasteiger charge is 2.23. The number of aromatic nitrogens is 3. The highest BCUT2D eigenvalue weighted by Crippen LogP contribution is 2.20. The Bertz CT molecular complexity index is 1320. The molecule has 0 radical (unpaired) electrons. The van der Waals surface area contributed by atoms with Gasteiger partial charge in [-0.05, 0) is 50.1 Å². The van der Waals surface area contributed by atoms with Gasteiger partial charge in [-0.1, -0.05) is 19.9 Å². The van der Waals surface area contributed by atoms with E-state index in [1.54, 1.807) is 24.6 Å². The molecule has 10 heteroatoms. The van der Waals surface area contributed by atoms with E-state index in [9.17, 15) is 18.0 Å². The van der Waals surface area contributed by atoms with Crippen molar-refractivity contribution in [1.82, 2.24) is 18.7 Å². The molecule has 2 heterocycles. The third-order valence-electron chi connectivity index (χ3n) is 5.16. The van der Waals surface area contributed by atoms with Crippen LogP contribution >= 0.6 is 0 Å². The van der Waals surface area contributed by atoms with Crippen LogP contribution in [0.15, 0.2) is 52.3 Å². The first-order valence-electron chi connectivity index (χ1n) is 10.7. The van der Waals surface area contributed by atoms with Gasteiger partial charge in [0.1, 0.15) is 12.4 Å². The summed E-state index contributed by atoms with van der Waals surface area (Å²) < 4.78 is 29.6. The Morgan fingerprint density at radius 1 is 1.03 bits per heavy atom. The van der Waals surface area contributed by atoms with E-state index in [4.69, 9.17) is 0 Å². The van der Waals surface area contributed by atoms with Gasteiger partial charge in [0.2, 0.25) is 15.9 Å². The van der Waals surface area contributed by atoms with Crippen molar-refractivity contribution < 1.29 is 13.2 Å². The Labute approximate surface area is 193 Å². The topological polar surface area (TPSA) is 106 Å². The molecule has 1 aromatic carbocycles. The summed E-state index contributed by atoms with van der Waals surface area (Å²) in [7, 11) is -3.75. The number of nitrogens with one attached hydrogen (secondary N) is 1. The van der Waals surface area contributed by atoms with Gasteiger partial charge in [-0.3, -0.25) is 9.59 Å². The smallest absolute Gasteiger partial charge is 0.251 e. The van der Waals surface area contributed by atoms with Crippen LogP contribution in [0, 0.1) is 20.8 Å². The Hall–Kier alpha value is -3.24. The predicted octanol–water partition coefficient (Wildman–Crippen LogP) is 2.63. The number of amides is 1. The minimum atomic E-state index is -3.75. The van der Waals surface area contributed by atoms with Gasteiger partial charge >= 0.3 is 0 Å². The molecule has 33 heavy (non-hydrogen) atoms. The van der Waals surface area contributed by atoms with Crippen molar-refractivity contribution in [3.63, 3.8) is 0 Å². The molecule has 1 N–H and O–H groups in total. The van der Waals surface area contributed by atoms with Gasteiger partial charge in [-0.25, -0.2) is 13.1 Å². The molecule has 0 saturated heterocycles. The van der Waals surface area contributed by atoms with Crippen molar-refractivity contribution >= 4 is 21.7 Å². The summed E-state index contributed by atoms with van der Waals surface area (Å²) in [5.41, 5.74) is 3.18. The molecule has 0 aliphatic rings. The number of carbonyl (C=O) groups is 1. The maximum atomic E-state index is 12.8. The zero-order valence-corrected chi connectivity index (χ0v) is 20.3. The molecule has 0 bridgehead atoms. The van der Waals surface area contributed by atoms with Crippen LogP contribution in [0.4, 0.5) is 5.82 Å². The fourth-order valence-electron chi connectivity index (χ4n) is 3.69. The second kappa shape index (κ2) is 9.72. The SMILES string of the molecule is CCN(CC)S(=O)(=O)c1ccc(=O)n(CC(=O)Nc2cc(C)nn2-c2cc(C)cc(C)c2)c1. The first kappa shape index (κ1) is 24.4. The molecule has 0 fully saturated rings. The van der Waals surface area contributed by atoms with Crippen LogP contribution in [-0.2, 0) is 21.4 Å². The number of hydrogen-bond donors (Lipinski definition) is 1. The summed E-state index contributed by atoms with van der Waals surface area (Å²) in [6.45, 7) is 9.54. The molecule has 0 aliphatic carbocycles. The number of rotatable bonds is 8. The normalized spacial score (nSPS) is 11.7. The lowest BCUT2D eigenvalue weighted by molar-refractivity contribution is -0.116. The molecular formula is C23H29N5O4S. The average molecular weight is 472 g/mol. The number of carbonyl (C=O) groups excluding carboxylic acids is 1. The van der Waals surface area contributed by atoms with Crippen LogP contribution in [0.3, 0.4) is 0 Å². The first-order valence-corrected chi connectivity index (χ1v) is 12.1. The highest BCUT2D eigenvalue weighted by atomic mass is 32.2. The van der Waals surface area contributed by atoms with Crippen molar-refractivity contribution in [3.8, 4) is 5.69 Å². The maximum Gasteiger partial charge on any atom is 0.251 e. The van der Waals surface area contributed by atoms with Crippen molar-refractivity contribution in [1.29, 1.82) is 0 Å². The Morgan fingerprint density at radius 3 is 2.27 bits per heavy atom. The fourth-order valence-corrected chi connectivity index (χ4v) is 5.17. The minimum Gasteiger partial charge on any atom is -0.309 e. The fraction of sp³-hybridized carbons (Fsp3) is 0.348. The minimum absolute atomic E-state index is 0.0327. The Kier molecular flexibility index (Phi) is 7.19. The Morgan fingerprint density at radius 2 is 1.67 bits per heavy atom. The zero-order valence-electron chi connectivity index (χ0n) is 19.5. The van der Waals surface area contributed by atoms with Gasteiger partial charge in [0.05, 0.1) is 16.3 Å². The molecule has 176 valence electrons. The lowest BCUT2D eigenvalue weighted by Gasteiger charge is -2.19. The molecule has 9 nitrogen and oxygen atoms in total. The lowest BCUT2D eigenvalue weighted by atomic mass is 10.1. The number of pyridine rings is 1. The van der Waals surface area contributed by atoms with Crippen molar-refractivity contribution in [2.24, 2.45) is 0 Å². The highest BCUT2D eigenvalue weighted by molar-refractivity contribution is 7.89. The second-order valence-electron chi connectivity index (χ2n) is 7.90.